The summed E-state index contributed by atoms with van der Waals surface area (Å²) in [6.45, 7) is 10.3. The molecule has 29 heavy (non-hydrogen) atoms. The van der Waals surface area contributed by atoms with Gasteiger partial charge in [0.25, 0.3) is 0 Å². The van der Waals surface area contributed by atoms with Crippen molar-refractivity contribution in [3.8, 4) is 0 Å². The summed E-state index contributed by atoms with van der Waals surface area (Å²) in [5, 5.41) is 10.6. The van der Waals surface area contributed by atoms with E-state index < -0.39 is 0 Å². The van der Waals surface area contributed by atoms with E-state index >= 15 is 0 Å². The van der Waals surface area contributed by atoms with Crippen LogP contribution in [0.25, 0.3) is 0 Å². The largest absolute Gasteiger partial charge is 0.375 e. The molecule has 0 saturated heterocycles. The minimum absolute atomic E-state index is 0. The fourth-order valence-corrected chi connectivity index (χ4v) is 3.77. The number of hydrogen-bond acceptors (Lipinski definition) is 6. The summed E-state index contributed by atoms with van der Waals surface area (Å²) < 4.78 is 10.8. The lowest BCUT2D eigenvalue weighted by atomic mass is 9.99. The fourth-order valence-electron chi connectivity index (χ4n) is 2.93. The summed E-state index contributed by atoms with van der Waals surface area (Å²) in [5.41, 5.74) is 2.03. The normalized spacial score (nSPS) is 12.7. The van der Waals surface area contributed by atoms with Crippen LogP contribution >= 0.6 is 35.3 Å². The second kappa shape index (κ2) is 13.2. The first-order valence-electron chi connectivity index (χ1n) is 9.94. The van der Waals surface area contributed by atoms with E-state index in [0.29, 0.717) is 19.0 Å². The predicted octanol–water partition coefficient (Wildman–Crippen LogP) is 4.96. The topological polar surface area (TPSA) is 75.8 Å². The number of nitrogens with one attached hydrogen (secondary N) is 1. The summed E-state index contributed by atoms with van der Waals surface area (Å²) in [7, 11) is 3.71. The Hall–Kier alpha value is -1.20. The highest BCUT2D eigenvalue weighted by Crippen LogP contribution is 2.23. The Morgan fingerprint density at radius 3 is 2.69 bits per heavy atom. The number of halogens is 1. The number of aromatic nitrogens is 2. The Morgan fingerprint density at radius 1 is 1.34 bits per heavy atom. The zero-order valence-corrected chi connectivity index (χ0v) is 21.4. The van der Waals surface area contributed by atoms with Crippen LogP contribution in [0.2, 0.25) is 0 Å². The third-order valence-corrected chi connectivity index (χ3v) is 5.79. The van der Waals surface area contributed by atoms with E-state index in [0.717, 1.165) is 47.5 Å². The van der Waals surface area contributed by atoms with E-state index in [4.69, 9.17) is 14.3 Å². The summed E-state index contributed by atoms with van der Waals surface area (Å²) in [6.07, 6.45) is 2.14. The highest BCUT2D eigenvalue weighted by Gasteiger charge is 2.15. The number of thiazole rings is 1. The minimum atomic E-state index is 0. The smallest absolute Gasteiger partial charge is 0.194 e. The van der Waals surface area contributed by atoms with Gasteiger partial charge in [-0.05, 0) is 26.7 Å². The maximum absolute atomic E-state index is 5.49. The number of nitrogens with zero attached hydrogens (tertiary/aromatic N) is 4. The van der Waals surface area contributed by atoms with Gasteiger partial charge in [0.1, 0.15) is 17.7 Å². The molecule has 0 aliphatic heterocycles. The molecule has 0 saturated carbocycles. The first-order chi connectivity index (χ1) is 13.5. The molecule has 0 aliphatic carbocycles. The molecule has 164 valence electrons. The van der Waals surface area contributed by atoms with Crippen LogP contribution in [0.5, 0.6) is 0 Å². The molecule has 2 heterocycles. The molecule has 0 amide bonds. The van der Waals surface area contributed by atoms with Gasteiger partial charge in [-0.1, -0.05) is 19.0 Å². The van der Waals surface area contributed by atoms with Gasteiger partial charge in [-0.2, -0.15) is 0 Å². The van der Waals surface area contributed by atoms with Crippen molar-refractivity contribution in [3.05, 3.63) is 33.6 Å². The third kappa shape index (κ3) is 7.53. The van der Waals surface area contributed by atoms with Crippen molar-refractivity contribution in [2.24, 2.45) is 4.99 Å². The molecular weight excluding hydrogens is 501 g/mol. The van der Waals surface area contributed by atoms with Gasteiger partial charge >= 0.3 is 0 Å². The summed E-state index contributed by atoms with van der Waals surface area (Å²) in [4.78, 5) is 11.4. The first-order valence-corrected chi connectivity index (χ1v) is 10.8. The maximum Gasteiger partial charge on any atom is 0.194 e. The van der Waals surface area contributed by atoms with Gasteiger partial charge in [0.15, 0.2) is 11.7 Å². The Morgan fingerprint density at radius 2 is 2.07 bits per heavy atom. The van der Waals surface area contributed by atoms with Crippen LogP contribution in [-0.2, 0) is 17.8 Å². The molecule has 0 aromatic carbocycles. The lowest BCUT2D eigenvalue weighted by Gasteiger charge is -2.21. The van der Waals surface area contributed by atoms with Gasteiger partial charge in [0.2, 0.25) is 0 Å². The number of guanidine groups is 1. The number of aliphatic imine (C=N–C) groups is 1. The van der Waals surface area contributed by atoms with E-state index in [9.17, 15) is 0 Å². The molecule has 2 rings (SSSR count). The molecule has 2 aromatic rings. The summed E-state index contributed by atoms with van der Waals surface area (Å²) in [5.74, 6) is 2.05. The van der Waals surface area contributed by atoms with Crippen LogP contribution in [0.3, 0.4) is 0 Å². The Kier molecular flexibility index (Phi) is 11.7. The molecular formula is C20H34IN5O2S. The third-order valence-electron chi connectivity index (χ3n) is 4.73. The van der Waals surface area contributed by atoms with E-state index in [1.165, 1.54) is 0 Å². The lowest BCUT2D eigenvalue weighted by molar-refractivity contribution is 0.119. The molecule has 9 heteroatoms. The monoisotopic (exact) mass is 535 g/mol. The van der Waals surface area contributed by atoms with E-state index in [-0.39, 0.29) is 30.1 Å². The summed E-state index contributed by atoms with van der Waals surface area (Å²) >= 11 is 1.62. The highest BCUT2D eigenvalue weighted by atomic mass is 127. The Bertz CT molecular complexity index is 745. The molecule has 7 nitrogen and oxygen atoms in total. The summed E-state index contributed by atoms with van der Waals surface area (Å²) in [6, 6.07) is 2.03. The molecule has 0 bridgehead atoms. The van der Waals surface area contributed by atoms with Crippen molar-refractivity contribution in [2.75, 3.05) is 20.7 Å². The zero-order valence-electron chi connectivity index (χ0n) is 18.3. The highest BCUT2D eigenvalue weighted by molar-refractivity contribution is 14.0. The van der Waals surface area contributed by atoms with E-state index in [1.54, 1.807) is 18.4 Å². The SMILES string of the molecule is CCNC(=NCc1cc(C(CC)CC)no1)N(C)Cc1csc(C(C)OC)n1.I. The van der Waals surface area contributed by atoms with Crippen LogP contribution < -0.4 is 5.32 Å². The van der Waals surface area contributed by atoms with Gasteiger partial charge in [-0.25, -0.2) is 9.98 Å². The molecule has 0 radical (unpaired) electrons. The quantitative estimate of drug-likeness (QED) is 0.264. The van der Waals surface area contributed by atoms with Crippen molar-refractivity contribution in [2.45, 2.75) is 65.6 Å². The van der Waals surface area contributed by atoms with Gasteiger partial charge < -0.3 is 19.5 Å². The first kappa shape index (κ1) is 25.8. The number of ether oxygens (including phenoxy) is 1. The van der Waals surface area contributed by atoms with Crippen LogP contribution in [0.4, 0.5) is 0 Å². The average molecular weight is 535 g/mol. The fraction of sp³-hybridized carbons (Fsp3) is 0.650. The lowest BCUT2D eigenvalue weighted by Crippen LogP contribution is -2.38. The van der Waals surface area contributed by atoms with Gasteiger partial charge in [-0.15, -0.1) is 35.3 Å². The second-order valence-electron chi connectivity index (χ2n) is 6.81. The number of methoxy groups -OCH3 is 1. The molecule has 1 atom stereocenters. The average Bonchev–Trinajstić information content (AvgIpc) is 3.35. The van der Waals surface area contributed by atoms with Crippen molar-refractivity contribution in [1.82, 2.24) is 20.4 Å². The van der Waals surface area contributed by atoms with Gasteiger partial charge in [-0.3, -0.25) is 0 Å². The van der Waals surface area contributed by atoms with Crippen molar-refractivity contribution >= 4 is 41.3 Å². The second-order valence-corrected chi connectivity index (χ2v) is 7.70. The predicted molar refractivity (Wildman–Crippen MR) is 129 cm³/mol. The minimum Gasteiger partial charge on any atom is -0.375 e. The van der Waals surface area contributed by atoms with Crippen molar-refractivity contribution in [1.29, 1.82) is 0 Å². The van der Waals surface area contributed by atoms with Crippen molar-refractivity contribution in [3.63, 3.8) is 0 Å². The maximum atomic E-state index is 5.49. The molecule has 0 aliphatic rings. The van der Waals surface area contributed by atoms with Crippen LogP contribution in [0, 0.1) is 0 Å². The standard InChI is InChI=1S/C20H33N5O2S.HI/c1-7-15(8-2)18-10-17(27-24-18)11-22-20(21-9-3)25(5)12-16-13-28-19(23-16)14(4)26-6;/h10,13-15H,7-9,11-12H2,1-6H3,(H,21,22);1H. The Labute approximate surface area is 195 Å². The van der Waals surface area contributed by atoms with Gasteiger partial charge in [0, 0.05) is 38.1 Å². The zero-order chi connectivity index (χ0) is 20.5. The number of rotatable bonds is 10. The number of hydrogen-bond donors (Lipinski definition) is 1. The molecule has 2 aromatic heterocycles. The van der Waals surface area contributed by atoms with E-state index in [2.05, 4.69) is 46.5 Å². The van der Waals surface area contributed by atoms with Crippen LogP contribution in [0.1, 0.15) is 74.7 Å². The van der Waals surface area contributed by atoms with Crippen LogP contribution in [0.15, 0.2) is 21.0 Å². The van der Waals surface area contributed by atoms with Crippen molar-refractivity contribution < 1.29 is 9.26 Å². The van der Waals surface area contributed by atoms with E-state index in [1.807, 2.05) is 20.0 Å². The molecule has 0 spiro atoms. The molecule has 1 unspecified atom stereocenters. The molecule has 1 N–H and O–H groups in total. The molecule has 0 fully saturated rings. The van der Waals surface area contributed by atoms with Crippen LogP contribution in [-0.4, -0.2) is 41.7 Å². The Balaban J connectivity index is 0.00000420. The van der Waals surface area contributed by atoms with Gasteiger partial charge in [0.05, 0.1) is 17.9 Å².